The molecule has 0 radical (unpaired) electrons. The first-order valence-corrected chi connectivity index (χ1v) is 14.0. The van der Waals surface area contributed by atoms with Gasteiger partial charge in [0.25, 0.3) is 0 Å². The van der Waals surface area contributed by atoms with Crippen LogP contribution in [0.4, 0.5) is 4.79 Å². The van der Waals surface area contributed by atoms with Crippen LogP contribution in [0, 0.1) is 0 Å². The van der Waals surface area contributed by atoms with Crippen LogP contribution in [-0.4, -0.2) is 44.4 Å². The Balaban J connectivity index is 1.22. The number of fused-ring (bicyclic) bond motifs is 1. The van der Waals surface area contributed by atoms with Gasteiger partial charge in [-0.15, -0.1) is 0 Å². The molecular weight excluding hydrogens is 462 g/mol. The minimum absolute atomic E-state index is 0.0504. The third kappa shape index (κ3) is 5.51. The first kappa shape index (κ1) is 23.4. The number of piperidine rings is 1. The zero-order valence-electron chi connectivity index (χ0n) is 19.8. The molecule has 0 aromatic heterocycles. The van der Waals surface area contributed by atoms with Crippen molar-refractivity contribution in [3.8, 4) is 22.6 Å². The van der Waals surface area contributed by atoms with Crippen molar-refractivity contribution >= 4 is 15.9 Å². The van der Waals surface area contributed by atoms with Crippen molar-refractivity contribution in [2.75, 3.05) is 19.3 Å². The Bertz CT molecular complexity index is 1310. The predicted molar refractivity (Wildman–Crippen MR) is 135 cm³/mol. The van der Waals surface area contributed by atoms with Gasteiger partial charge in [0.05, 0.1) is 5.75 Å². The van der Waals surface area contributed by atoms with Crippen molar-refractivity contribution in [2.45, 2.75) is 37.0 Å². The van der Waals surface area contributed by atoms with Crippen molar-refractivity contribution < 1.29 is 22.7 Å². The number of ether oxygens (including phenoxy) is 2. The number of carbonyl (C=O) groups excluding carboxylic acids is 1. The van der Waals surface area contributed by atoms with Crippen LogP contribution in [0.5, 0.6) is 11.5 Å². The minimum atomic E-state index is -3.05. The van der Waals surface area contributed by atoms with Gasteiger partial charge in [-0.2, -0.15) is 0 Å². The van der Waals surface area contributed by atoms with Crippen molar-refractivity contribution in [1.29, 1.82) is 0 Å². The van der Waals surface area contributed by atoms with E-state index in [0.717, 1.165) is 48.1 Å². The summed E-state index contributed by atoms with van der Waals surface area (Å²) < 4.78 is 35.1. The molecule has 5 rings (SSSR count). The number of hydrogen-bond donors (Lipinski definition) is 0. The lowest BCUT2D eigenvalue weighted by Crippen LogP contribution is -2.51. The Kier molecular flexibility index (Phi) is 6.28. The van der Waals surface area contributed by atoms with E-state index in [4.69, 9.17) is 9.47 Å². The number of nitrogens with zero attached hydrogens (tertiary/aromatic N) is 1. The van der Waals surface area contributed by atoms with Crippen LogP contribution in [0.3, 0.4) is 0 Å². The van der Waals surface area contributed by atoms with Gasteiger partial charge in [0, 0.05) is 32.2 Å². The van der Waals surface area contributed by atoms with Crippen molar-refractivity contribution in [1.82, 2.24) is 4.90 Å². The minimum Gasteiger partial charge on any atom is -0.487 e. The molecule has 0 unspecified atom stereocenters. The van der Waals surface area contributed by atoms with E-state index in [1.807, 2.05) is 48.5 Å². The molecule has 7 heteroatoms. The van der Waals surface area contributed by atoms with Crippen LogP contribution >= 0.6 is 0 Å². The first-order valence-electron chi connectivity index (χ1n) is 11.9. The summed E-state index contributed by atoms with van der Waals surface area (Å²) >= 11 is 0. The molecule has 35 heavy (non-hydrogen) atoms. The third-order valence-electron chi connectivity index (χ3n) is 6.83. The second-order valence-corrected chi connectivity index (χ2v) is 11.7. The molecule has 2 heterocycles. The van der Waals surface area contributed by atoms with E-state index in [1.54, 1.807) is 17.0 Å². The molecule has 0 atom stereocenters. The fraction of sp³-hybridized carbons (Fsp3) is 0.321. The molecule has 182 valence electrons. The van der Waals surface area contributed by atoms with E-state index in [1.165, 1.54) is 11.8 Å². The quantitative estimate of drug-likeness (QED) is 0.498. The summed E-state index contributed by atoms with van der Waals surface area (Å²) in [6, 6.07) is 23.1. The van der Waals surface area contributed by atoms with Crippen LogP contribution in [-0.2, 0) is 22.0 Å². The molecule has 1 saturated heterocycles. The lowest BCUT2D eigenvalue weighted by Gasteiger charge is -2.44. The summed E-state index contributed by atoms with van der Waals surface area (Å²) in [7, 11) is -3.05. The molecule has 6 nitrogen and oxygen atoms in total. The summed E-state index contributed by atoms with van der Waals surface area (Å²) in [5, 5.41) is 0. The zero-order chi connectivity index (χ0) is 24.5. The number of sulfone groups is 1. The molecule has 3 aromatic carbocycles. The molecule has 0 N–H and O–H groups in total. The van der Waals surface area contributed by atoms with Crippen LogP contribution in [0.25, 0.3) is 11.1 Å². The summed E-state index contributed by atoms with van der Waals surface area (Å²) in [6.07, 6.45) is 4.33. The van der Waals surface area contributed by atoms with Gasteiger partial charge in [0.15, 0.2) is 9.84 Å². The van der Waals surface area contributed by atoms with Crippen LogP contribution in [0.2, 0.25) is 0 Å². The van der Waals surface area contributed by atoms with Crippen LogP contribution in [0.1, 0.15) is 30.4 Å². The summed E-state index contributed by atoms with van der Waals surface area (Å²) in [5.74, 6) is 1.52. The van der Waals surface area contributed by atoms with E-state index in [-0.39, 0.29) is 17.4 Å². The van der Waals surface area contributed by atoms with Gasteiger partial charge in [-0.1, -0.05) is 48.5 Å². The number of hydrogen-bond acceptors (Lipinski definition) is 5. The average molecular weight is 492 g/mol. The molecule has 2 aliphatic rings. The fourth-order valence-electron chi connectivity index (χ4n) is 4.90. The second-order valence-electron chi connectivity index (χ2n) is 9.54. The topological polar surface area (TPSA) is 72.9 Å². The number of likely N-dealkylation sites (tertiary alicyclic amines) is 1. The molecule has 1 fully saturated rings. The van der Waals surface area contributed by atoms with E-state index in [9.17, 15) is 13.2 Å². The van der Waals surface area contributed by atoms with Gasteiger partial charge in [0.2, 0.25) is 0 Å². The summed E-state index contributed by atoms with van der Waals surface area (Å²) in [6.45, 7) is 1.22. The maximum Gasteiger partial charge on any atom is 0.415 e. The molecule has 1 amide bonds. The highest BCUT2D eigenvalue weighted by Gasteiger charge is 2.40. The Morgan fingerprint density at radius 3 is 2.31 bits per heavy atom. The number of aryl methyl sites for hydroxylation is 1. The molecule has 0 aliphatic carbocycles. The number of amides is 1. The lowest BCUT2D eigenvalue weighted by atomic mass is 9.82. The van der Waals surface area contributed by atoms with Gasteiger partial charge in [-0.25, -0.2) is 13.2 Å². The van der Waals surface area contributed by atoms with E-state index in [2.05, 4.69) is 12.1 Å². The Hall–Kier alpha value is -3.32. The van der Waals surface area contributed by atoms with E-state index in [0.29, 0.717) is 18.8 Å². The first-order chi connectivity index (χ1) is 16.8. The monoisotopic (exact) mass is 491 g/mol. The highest BCUT2D eigenvalue weighted by molar-refractivity contribution is 7.89. The smallest absolute Gasteiger partial charge is 0.415 e. The normalized spacial score (nSPS) is 16.9. The molecular formula is C28H29NO5S. The number of para-hydroxylation sites is 1. The number of benzene rings is 3. The predicted octanol–water partition coefficient (Wildman–Crippen LogP) is 5.26. The van der Waals surface area contributed by atoms with Crippen LogP contribution in [0.15, 0.2) is 72.8 Å². The second kappa shape index (κ2) is 9.38. The maximum atomic E-state index is 12.5. The van der Waals surface area contributed by atoms with Gasteiger partial charge in [-0.3, -0.25) is 0 Å². The van der Waals surface area contributed by atoms with Crippen LogP contribution < -0.4 is 9.47 Å². The van der Waals surface area contributed by atoms with Gasteiger partial charge < -0.3 is 14.4 Å². The van der Waals surface area contributed by atoms with Crippen molar-refractivity contribution in [3.63, 3.8) is 0 Å². The Labute approximate surface area is 206 Å². The van der Waals surface area contributed by atoms with Gasteiger partial charge >= 0.3 is 6.09 Å². The molecule has 2 aliphatic heterocycles. The fourth-order valence-corrected chi connectivity index (χ4v) is 5.70. The van der Waals surface area contributed by atoms with E-state index >= 15 is 0 Å². The SMILES string of the molecule is CS(=O)(=O)Cc1ccc(-c2ccc3c(c2)CCC2(CCN(C(=O)Oc4ccccc4)CC2)O3)cc1. The van der Waals surface area contributed by atoms with E-state index < -0.39 is 9.84 Å². The Morgan fingerprint density at radius 2 is 1.63 bits per heavy atom. The van der Waals surface area contributed by atoms with Crippen molar-refractivity contribution in [3.05, 3.63) is 83.9 Å². The number of carbonyl (C=O) groups is 1. The van der Waals surface area contributed by atoms with Crippen molar-refractivity contribution in [2.24, 2.45) is 0 Å². The maximum absolute atomic E-state index is 12.5. The highest BCUT2D eigenvalue weighted by Crippen LogP contribution is 2.41. The summed E-state index contributed by atoms with van der Waals surface area (Å²) in [4.78, 5) is 14.3. The van der Waals surface area contributed by atoms with Gasteiger partial charge in [-0.05, 0) is 59.4 Å². The largest absolute Gasteiger partial charge is 0.487 e. The average Bonchev–Trinajstić information content (AvgIpc) is 2.84. The van der Waals surface area contributed by atoms with Gasteiger partial charge in [0.1, 0.15) is 17.1 Å². The molecule has 0 saturated carbocycles. The number of rotatable bonds is 4. The lowest BCUT2D eigenvalue weighted by molar-refractivity contribution is -0.00948. The Morgan fingerprint density at radius 1 is 0.943 bits per heavy atom. The summed E-state index contributed by atoms with van der Waals surface area (Å²) in [5.41, 5.74) is 3.87. The zero-order valence-corrected chi connectivity index (χ0v) is 20.6. The third-order valence-corrected chi connectivity index (χ3v) is 7.69. The molecule has 3 aromatic rings. The molecule has 1 spiro atoms. The standard InChI is InChI=1S/C28H29NO5S/c1-35(31,32)20-21-7-9-22(10-8-21)23-11-12-26-24(19-23)13-14-28(34-26)15-17-29(18-16-28)27(30)33-25-5-3-2-4-6-25/h2-12,19H,13-18,20H2,1H3. The highest BCUT2D eigenvalue weighted by atomic mass is 32.2. The molecule has 0 bridgehead atoms.